The minimum absolute atomic E-state index is 0.0121. The highest BCUT2D eigenvalue weighted by atomic mass is 79.9. The number of fused-ring (bicyclic) bond motifs is 6. The molecule has 3 aliphatic rings. The highest BCUT2D eigenvalue weighted by Crippen LogP contribution is 2.36. The number of aliphatic hydroxyl groups excluding tert-OH is 3. The molecule has 3 saturated heterocycles. The SMILES string of the molecule is CC(C(=O)Nc1c(C(N)=O)oc2ccc(Br)cc12)N1CC[C@H](O)C1.CC(Cl)C(=O)Cl.CC(Cl)C(=O)Nc1c(C(N)=O)oc2ccc(Br)cc12.CC(c1nc2c(oc3ccc(Br)cc32)c(=O)[nH]1)N1CC[C@H](O)C1.NC(=O)c1oc2ccc(Br)cc2c1N.O[C@H]1CCNC1. The molecule has 32 heteroatoms. The first-order chi connectivity index (χ1) is 43.4. The minimum atomic E-state index is -0.759. The van der Waals surface area contributed by atoms with Crippen LogP contribution in [0, 0.1) is 0 Å². The van der Waals surface area contributed by atoms with Gasteiger partial charge in [-0.25, -0.2) is 4.98 Å². The number of halogens is 7. The number of rotatable bonds is 11. The maximum Gasteiger partial charge on any atom is 0.294 e. The average Bonchev–Trinajstić information content (AvgIpc) is 1.63. The summed E-state index contributed by atoms with van der Waals surface area (Å²) >= 11 is 29.1. The van der Waals surface area contributed by atoms with Gasteiger partial charge >= 0.3 is 0 Å². The summed E-state index contributed by atoms with van der Waals surface area (Å²) in [6.07, 6.45) is 1.54. The van der Waals surface area contributed by atoms with Crippen molar-refractivity contribution in [1.82, 2.24) is 25.1 Å². The van der Waals surface area contributed by atoms with Crippen molar-refractivity contribution < 1.29 is 61.8 Å². The number of primary amides is 3. The zero-order valence-corrected chi connectivity index (χ0v) is 58.1. The van der Waals surface area contributed by atoms with Gasteiger partial charge in [0.2, 0.25) is 39.9 Å². The van der Waals surface area contributed by atoms with Crippen LogP contribution in [0.2, 0.25) is 0 Å². The molecule has 4 aromatic carbocycles. The standard InChI is InChI=1S/C16H18BrN3O4.C16H16BrN3O3.C12H10BrClN2O3.C9H7BrN2O2.C4H9NO.C3H4Cl2O/c1-8(20-5-4-10(21)7-20)16(23)19-13-11-6-9(17)2-3-12(11)24-14(13)15(18)22;1-8(20-5-4-10(21)7-20)15-18-13-11-6-9(17)2-3-12(11)23-14(13)16(22)19-15;1-5(14)12(18)16-9-7-4-6(13)2-3-8(7)19-10(9)11(15)17;10-4-1-2-6-5(3-4)7(11)8(14-6)9(12)13;6-4-1-2-5-3-4;1-2(4)3(5)6/h2-3,6,8,10,21H,4-5,7H2,1H3,(H2,18,22)(H,19,23);2-3,6,8,10,21H,4-5,7H2,1H3,(H,18,19,22);2-5H,1H3,(H2,15,17)(H,16,18);1-3H,11H2,(H2,12,13);4-6H,1-3H2;2H,1H3/t2*8?,10-;;;4-;/m00..0./s1. The van der Waals surface area contributed by atoms with Crippen LogP contribution in [0.4, 0.5) is 17.1 Å². The molecule has 0 saturated carbocycles. The Kier molecular flexibility index (Phi) is 25.9. The highest BCUT2D eigenvalue weighted by molar-refractivity contribution is 9.11. The van der Waals surface area contributed by atoms with E-state index in [-0.39, 0.29) is 69.6 Å². The number of alkyl halides is 2. The predicted molar refractivity (Wildman–Crippen MR) is 366 cm³/mol. The lowest BCUT2D eigenvalue weighted by Gasteiger charge is -2.22. The van der Waals surface area contributed by atoms with E-state index in [4.69, 9.17) is 80.5 Å². The Morgan fingerprint density at radius 3 is 1.43 bits per heavy atom. The molecule has 92 heavy (non-hydrogen) atoms. The number of nitrogens with two attached hydrogens (primary N) is 4. The number of β-amino-alcohol motifs (C(OH)–C–C–N with tert-alkyl or cyclic N) is 3. The molecule has 12 rings (SSSR count). The number of amides is 5. The maximum atomic E-state index is 12.6. The third-order valence-corrected chi connectivity index (χ3v) is 17.2. The molecule has 0 radical (unpaired) electrons. The van der Waals surface area contributed by atoms with Crippen molar-refractivity contribution in [2.75, 3.05) is 55.6 Å². The van der Waals surface area contributed by atoms with Gasteiger partial charge < -0.3 is 76.9 Å². The first kappa shape index (κ1) is 73.0. The zero-order chi connectivity index (χ0) is 67.6. The second kappa shape index (κ2) is 32.6. The van der Waals surface area contributed by atoms with Gasteiger partial charge in [0.15, 0.2) is 0 Å². The second-order valence-electron chi connectivity index (χ2n) is 21.2. The van der Waals surface area contributed by atoms with Crippen LogP contribution in [0.25, 0.3) is 55.0 Å². The Labute approximate surface area is 573 Å². The van der Waals surface area contributed by atoms with Crippen LogP contribution in [0.15, 0.2) is 113 Å². The fourth-order valence-corrected chi connectivity index (χ4v) is 11.0. The fraction of sp³-hybridized carbons (Fsp3) is 0.333. The first-order valence-corrected chi connectivity index (χ1v) is 32.6. The first-order valence-electron chi connectivity index (χ1n) is 28.2. The van der Waals surface area contributed by atoms with Crippen LogP contribution >= 0.6 is 98.5 Å². The summed E-state index contributed by atoms with van der Waals surface area (Å²) < 4.78 is 25.0. The van der Waals surface area contributed by atoms with E-state index in [2.05, 4.69) is 94.5 Å². The summed E-state index contributed by atoms with van der Waals surface area (Å²) in [6.45, 7) is 11.1. The second-order valence-corrected chi connectivity index (χ2v) is 26.6. The van der Waals surface area contributed by atoms with Crippen molar-refractivity contribution in [3.8, 4) is 0 Å². The average molecular weight is 1590 g/mol. The Hall–Kier alpha value is -6.45. The monoisotopic (exact) mass is 1580 g/mol. The molecule has 4 unspecified atom stereocenters. The van der Waals surface area contributed by atoms with Crippen LogP contribution in [0.3, 0.4) is 0 Å². The van der Waals surface area contributed by atoms with E-state index in [1.165, 1.54) is 13.8 Å². The number of aromatic amines is 1. The zero-order valence-electron chi connectivity index (χ0n) is 49.5. The summed E-state index contributed by atoms with van der Waals surface area (Å²) in [4.78, 5) is 91.8. The number of likely N-dealkylation sites (tertiary alicyclic amines) is 2. The van der Waals surface area contributed by atoms with Gasteiger partial charge in [-0.3, -0.25) is 43.4 Å². The summed E-state index contributed by atoms with van der Waals surface area (Å²) in [5, 5.41) is 37.2. The number of hydrogen-bond donors (Lipinski definition) is 11. The topological polar surface area (TPSA) is 408 Å². The van der Waals surface area contributed by atoms with Crippen molar-refractivity contribution >= 4 is 205 Å². The molecule has 8 heterocycles. The summed E-state index contributed by atoms with van der Waals surface area (Å²) in [5.74, 6) is -2.45. The van der Waals surface area contributed by atoms with Crippen LogP contribution < -0.4 is 44.4 Å². The number of nitrogens with zero attached hydrogens (tertiary/aromatic N) is 3. The van der Waals surface area contributed by atoms with Crippen LogP contribution in [0.1, 0.15) is 90.5 Å². The van der Waals surface area contributed by atoms with Gasteiger partial charge in [0.25, 0.3) is 23.3 Å². The summed E-state index contributed by atoms with van der Waals surface area (Å²) in [5.41, 5.74) is 24.9. The minimum Gasteiger partial charge on any atom is -0.449 e. The number of furan rings is 4. The molecular formula is C60H64Br4Cl3N11O14. The summed E-state index contributed by atoms with van der Waals surface area (Å²) in [6, 6.07) is 20.8. The molecule has 15 N–H and O–H groups in total. The lowest BCUT2D eigenvalue weighted by atomic mass is 10.2. The molecule has 3 fully saturated rings. The van der Waals surface area contributed by atoms with Gasteiger partial charge in [0.05, 0.1) is 36.1 Å². The molecule has 3 aliphatic heterocycles. The van der Waals surface area contributed by atoms with E-state index >= 15 is 0 Å². The van der Waals surface area contributed by atoms with Crippen molar-refractivity contribution in [1.29, 1.82) is 0 Å². The Balaban J connectivity index is 0.000000166. The molecule has 5 amide bonds. The smallest absolute Gasteiger partial charge is 0.294 e. The van der Waals surface area contributed by atoms with Crippen molar-refractivity contribution in [2.24, 2.45) is 17.2 Å². The van der Waals surface area contributed by atoms with E-state index in [1.54, 1.807) is 61.5 Å². The predicted octanol–water partition coefficient (Wildman–Crippen LogP) is 9.70. The third-order valence-electron chi connectivity index (χ3n) is 14.4. The number of nitrogen functional groups attached to an aromatic ring is 1. The van der Waals surface area contributed by atoms with E-state index in [1.807, 2.05) is 30.0 Å². The number of aliphatic hydroxyl groups is 3. The number of anilines is 3. The van der Waals surface area contributed by atoms with Gasteiger partial charge in [-0.2, -0.15) is 0 Å². The number of nitrogens with one attached hydrogen (secondary N) is 4. The maximum absolute atomic E-state index is 12.6. The number of carbonyl (C=O) groups is 6. The molecule has 492 valence electrons. The van der Waals surface area contributed by atoms with Crippen LogP contribution in [0.5, 0.6) is 0 Å². The van der Waals surface area contributed by atoms with E-state index in [0.29, 0.717) is 75.9 Å². The largest absolute Gasteiger partial charge is 0.449 e. The lowest BCUT2D eigenvalue weighted by Crippen LogP contribution is -2.41. The van der Waals surface area contributed by atoms with Crippen molar-refractivity contribution in [3.05, 3.63) is 124 Å². The molecule has 5 aromatic heterocycles. The van der Waals surface area contributed by atoms with Gasteiger partial charge in [-0.1, -0.05) is 63.7 Å². The molecule has 0 bridgehead atoms. The number of H-pyrrole nitrogens is 1. The quantitative estimate of drug-likeness (QED) is 0.0424. The van der Waals surface area contributed by atoms with Crippen molar-refractivity contribution in [3.63, 3.8) is 0 Å². The molecular weight excluding hydrogens is 1520 g/mol. The van der Waals surface area contributed by atoms with E-state index in [0.717, 1.165) is 55.8 Å². The van der Waals surface area contributed by atoms with E-state index < -0.39 is 51.8 Å². The van der Waals surface area contributed by atoms with E-state index in [9.17, 15) is 43.8 Å². The highest BCUT2D eigenvalue weighted by Gasteiger charge is 2.32. The normalized spacial score (nSPS) is 17.6. The van der Waals surface area contributed by atoms with Gasteiger partial charge in [0, 0.05) is 72.2 Å². The molecule has 0 aliphatic carbocycles. The molecule has 0 spiro atoms. The number of aromatic nitrogens is 2. The number of carbonyl (C=O) groups excluding carboxylic acids is 6. The Bertz CT molecular complexity index is 4250. The van der Waals surface area contributed by atoms with Crippen LogP contribution in [-0.2, 0) is 14.4 Å². The number of benzene rings is 4. The Morgan fingerprint density at radius 1 is 0.609 bits per heavy atom. The van der Waals surface area contributed by atoms with Gasteiger partial charge in [-0.15, -0.1) is 23.2 Å². The number of hydrogen-bond acceptors (Lipinski definition) is 19. The third kappa shape index (κ3) is 18.7. The van der Waals surface area contributed by atoms with Gasteiger partial charge in [-0.05, 0) is 138 Å². The molecule has 25 nitrogen and oxygen atoms in total. The lowest BCUT2D eigenvalue weighted by molar-refractivity contribution is -0.120. The Morgan fingerprint density at radius 2 is 1.03 bits per heavy atom. The van der Waals surface area contributed by atoms with Crippen LogP contribution in [-0.4, -0.2) is 144 Å². The molecule has 9 aromatic rings. The molecule has 7 atom stereocenters. The fourth-order valence-electron chi connectivity index (χ4n) is 9.52. The van der Waals surface area contributed by atoms with Crippen molar-refractivity contribution in [2.45, 2.75) is 88.1 Å². The summed E-state index contributed by atoms with van der Waals surface area (Å²) in [7, 11) is 0. The van der Waals surface area contributed by atoms with Gasteiger partial charge in [0.1, 0.15) is 55.8 Å².